The van der Waals surface area contributed by atoms with E-state index in [-0.39, 0.29) is 31.0 Å². The Bertz CT molecular complexity index is 1110. The molecule has 2 amide bonds. The van der Waals surface area contributed by atoms with Gasteiger partial charge in [0, 0.05) is 28.0 Å². The second-order valence-electron chi connectivity index (χ2n) is 7.86. The predicted octanol–water partition coefficient (Wildman–Crippen LogP) is 5.47. The van der Waals surface area contributed by atoms with Gasteiger partial charge in [-0.15, -0.1) is 0 Å². The normalized spacial score (nSPS) is 11.9. The van der Waals surface area contributed by atoms with Gasteiger partial charge in [0.15, 0.2) is 6.61 Å². The van der Waals surface area contributed by atoms with Crippen molar-refractivity contribution < 1.29 is 14.3 Å². The van der Waals surface area contributed by atoms with Crippen LogP contribution < -0.4 is 10.1 Å². The van der Waals surface area contributed by atoms with E-state index < -0.39 is 6.04 Å². The first-order valence-electron chi connectivity index (χ1n) is 10.4. The number of rotatable bonds is 8. The van der Waals surface area contributed by atoms with Crippen molar-refractivity contribution in [1.82, 2.24) is 10.2 Å². The molecule has 0 heterocycles. The third-order valence-electron chi connectivity index (χ3n) is 5.05. The lowest BCUT2D eigenvalue weighted by atomic mass is 10.1. The third kappa shape index (κ3) is 5.93. The van der Waals surface area contributed by atoms with Gasteiger partial charge in [0.2, 0.25) is 5.91 Å². The molecule has 5 nitrogen and oxygen atoms in total. The molecule has 0 bridgehead atoms. The minimum atomic E-state index is -0.715. The fraction of sp³-hybridized carbons (Fsp3) is 0.280. The van der Waals surface area contributed by atoms with Gasteiger partial charge >= 0.3 is 0 Å². The highest BCUT2D eigenvalue weighted by molar-refractivity contribution is 6.35. The highest BCUT2D eigenvalue weighted by Crippen LogP contribution is 2.26. The number of halogens is 2. The molecule has 3 aromatic carbocycles. The number of ether oxygens (including phenoxy) is 1. The summed E-state index contributed by atoms with van der Waals surface area (Å²) in [4.78, 5) is 27.4. The first kappa shape index (κ1) is 23.9. The Kier molecular flexibility index (Phi) is 7.99. The summed E-state index contributed by atoms with van der Waals surface area (Å²) >= 11 is 12.3. The maximum absolute atomic E-state index is 13.2. The Morgan fingerprint density at radius 1 is 1.00 bits per heavy atom. The van der Waals surface area contributed by atoms with Crippen molar-refractivity contribution in [3.8, 4) is 5.75 Å². The van der Waals surface area contributed by atoms with Crippen LogP contribution in [0, 0.1) is 0 Å². The van der Waals surface area contributed by atoms with Crippen molar-refractivity contribution in [3.63, 3.8) is 0 Å². The van der Waals surface area contributed by atoms with Crippen LogP contribution in [0.1, 0.15) is 26.3 Å². The molecule has 0 aromatic heterocycles. The first-order valence-corrected chi connectivity index (χ1v) is 11.2. The average Bonchev–Trinajstić information content (AvgIpc) is 2.76. The van der Waals surface area contributed by atoms with Crippen molar-refractivity contribution in [2.45, 2.75) is 39.4 Å². The number of fused-ring (bicyclic) bond motifs is 1. The molecule has 3 aromatic rings. The Balaban J connectivity index is 1.82. The molecule has 0 saturated carbocycles. The fourth-order valence-corrected chi connectivity index (χ4v) is 3.83. The summed E-state index contributed by atoms with van der Waals surface area (Å²) in [5.41, 5.74) is 0.693. The van der Waals surface area contributed by atoms with E-state index >= 15 is 0 Å². The van der Waals surface area contributed by atoms with Gasteiger partial charge in [0.25, 0.3) is 5.91 Å². The number of carbonyl (C=O) groups is 2. The van der Waals surface area contributed by atoms with Gasteiger partial charge in [-0.3, -0.25) is 9.59 Å². The molecule has 0 aliphatic heterocycles. The summed E-state index contributed by atoms with van der Waals surface area (Å²) in [6.07, 6.45) is 0. The van der Waals surface area contributed by atoms with E-state index in [1.165, 1.54) is 4.90 Å². The number of amides is 2. The summed E-state index contributed by atoms with van der Waals surface area (Å²) in [6.45, 7) is 5.38. The van der Waals surface area contributed by atoms with Gasteiger partial charge in [0.1, 0.15) is 11.8 Å². The molecule has 0 radical (unpaired) electrons. The molecule has 1 N–H and O–H groups in total. The maximum Gasteiger partial charge on any atom is 0.261 e. The van der Waals surface area contributed by atoms with E-state index in [0.29, 0.717) is 21.4 Å². The highest BCUT2D eigenvalue weighted by Gasteiger charge is 2.27. The number of hydrogen-bond acceptors (Lipinski definition) is 3. The van der Waals surface area contributed by atoms with E-state index in [4.69, 9.17) is 27.9 Å². The topological polar surface area (TPSA) is 58.6 Å². The van der Waals surface area contributed by atoms with Crippen LogP contribution in [-0.4, -0.2) is 35.4 Å². The van der Waals surface area contributed by atoms with Crippen molar-refractivity contribution >= 4 is 45.8 Å². The number of nitrogens with one attached hydrogen (secondary N) is 1. The molecule has 0 spiro atoms. The van der Waals surface area contributed by atoms with Gasteiger partial charge in [-0.05, 0) is 49.9 Å². The van der Waals surface area contributed by atoms with Crippen LogP contribution in [0.15, 0.2) is 60.7 Å². The van der Waals surface area contributed by atoms with Crippen molar-refractivity contribution in [1.29, 1.82) is 0 Å². The molecular weight excluding hydrogens is 447 g/mol. The molecule has 0 aliphatic rings. The predicted molar refractivity (Wildman–Crippen MR) is 129 cm³/mol. The van der Waals surface area contributed by atoms with Gasteiger partial charge in [0.05, 0.1) is 0 Å². The van der Waals surface area contributed by atoms with Gasteiger partial charge in [-0.25, -0.2) is 0 Å². The van der Waals surface area contributed by atoms with E-state index in [0.717, 1.165) is 10.8 Å². The van der Waals surface area contributed by atoms with Crippen molar-refractivity contribution in [2.75, 3.05) is 6.61 Å². The number of carbonyl (C=O) groups excluding carboxylic acids is 2. The fourth-order valence-electron chi connectivity index (χ4n) is 3.37. The Morgan fingerprint density at radius 3 is 2.44 bits per heavy atom. The standard InChI is InChI=1S/C25H26Cl2N2O3/c1-16(2)28-25(31)17(3)29(14-19-11-12-20(26)13-22(19)27)24(30)15-32-23-10-6-8-18-7-4-5-9-21(18)23/h4-13,16-17H,14-15H2,1-3H3,(H,28,31)/t17-/m1/s1. The lowest BCUT2D eigenvalue weighted by molar-refractivity contribution is -0.142. The minimum absolute atomic E-state index is 0.0482. The molecule has 3 rings (SSSR count). The van der Waals surface area contributed by atoms with Crippen LogP contribution >= 0.6 is 23.2 Å². The van der Waals surface area contributed by atoms with Crippen LogP contribution in [-0.2, 0) is 16.1 Å². The van der Waals surface area contributed by atoms with Gasteiger partial charge in [-0.1, -0.05) is 65.7 Å². The lowest BCUT2D eigenvalue weighted by Gasteiger charge is -2.29. The lowest BCUT2D eigenvalue weighted by Crippen LogP contribution is -2.50. The van der Waals surface area contributed by atoms with Crippen LogP contribution in [0.25, 0.3) is 10.8 Å². The first-order chi connectivity index (χ1) is 15.3. The molecule has 0 saturated heterocycles. The van der Waals surface area contributed by atoms with Crippen LogP contribution in [0.2, 0.25) is 10.0 Å². The largest absolute Gasteiger partial charge is 0.483 e. The van der Waals surface area contributed by atoms with Crippen LogP contribution in [0.5, 0.6) is 5.75 Å². The highest BCUT2D eigenvalue weighted by atomic mass is 35.5. The maximum atomic E-state index is 13.2. The average molecular weight is 473 g/mol. The van der Waals surface area contributed by atoms with E-state index in [9.17, 15) is 9.59 Å². The summed E-state index contributed by atoms with van der Waals surface area (Å²) in [7, 11) is 0. The molecule has 168 valence electrons. The summed E-state index contributed by atoms with van der Waals surface area (Å²) < 4.78 is 5.88. The summed E-state index contributed by atoms with van der Waals surface area (Å²) in [6, 6.07) is 17.8. The molecule has 0 aliphatic carbocycles. The smallest absolute Gasteiger partial charge is 0.261 e. The van der Waals surface area contributed by atoms with Crippen LogP contribution in [0.3, 0.4) is 0 Å². The Hall–Kier alpha value is -2.76. The summed E-state index contributed by atoms with van der Waals surface area (Å²) in [5.74, 6) is 0.0409. The minimum Gasteiger partial charge on any atom is -0.483 e. The Morgan fingerprint density at radius 2 is 1.72 bits per heavy atom. The van der Waals surface area contributed by atoms with Crippen molar-refractivity contribution in [2.24, 2.45) is 0 Å². The number of hydrogen-bond donors (Lipinski definition) is 1. The van der Waals surface area contributed by atoms with Crippen molar-refractivity contribution in [3.05, 3.63) is 76.3 Å². The zero-order valence-electron chi connectivity index (χ0n) is 18.3. The summed E-state index contributed by atoms with van der Waals surface area (Å²) in [5, 5.41) is 5.73. The van der Waals surface area contributed by atoms with E-state index in [1.807, 2.05) is 56.3 Å². The van der Waals surface area contributed by atoms with Gasteiger partial charge < -0.3 is 15.0 Å². The second-order valence-corrected chi connectivity index (χ2v) is 8.71. The molecule has 0 fully saturated rings. The quantitative estimate of drug-likeness (QED) is 0.472. The number of benzene rings is 3. The molecule has 7 heteroatoms. The number of nitrogens with zero attached hydrogens (tertiary/aromatic N) is 1. The monoisotopic (exact) mass is 472 g/mol. The second kappa shape index (κ2) is 10.7. The molecule has 0 unspecified atom stereocenters. The van der Waals surface area contributed by atoms with Gasteiger partial charge in [-0.2, -0.15) is 0 Å². The third-order valence-corrected chi connectivity index (χ3v) is 5.64. The van der Waals surface area contributed by atoms with Crippen LogP contribution in [0.4, 0.5) is 0 Å². The molecular formula is C25H26Cl2N2O3. The zero-order valence-corrected chi connectivity index (χ0v) is 19.8. The molecule has 32 heavy (non-hydrogen) atoms. The molecule has 1 atom stereocenters. The zero-order chi connectivity index (χ0) is 23.3. The Labute approximate surface area is 198 Å². The van der Waals surface area contributed by atoms with E-state index in [2.05, 4.69) is 5.32 Å². The SMILES string of the molecule is CC(C)NC(=O)[C@@H](C)N(Cc1ccc(Cl)cc1Cl)C(=O)COc1cccc2ccccc12. The van der Waals surface area contributed by atoms with E-state index in [1.54, 1.807) is 25.1 Å².